The fourth-order valence-corrected chi connectivity index (χ4v) is 3.49. The van der Waals surface area contributed by atoms with Crippen LogP contribution in [0.2, 0.25) is 0 Å². The predicted molar refractivity (Wildman–Crippen MR) is 120 cm³/mol. The molecular formula is C25H31N3O2. The van der Waals surface area contributed by atoms with E-state index in [2.05, 4.69) is 43.3 Å². The molecule has 0 unspecified atom stereocenters. The molecule has 0 aliphatic carbocycles. The Labute approximate surface area is 179 Å². The second kappa shape index (κ2) is 9.16. The molecule has 0 spiro atoms. The lowest BCUT2D eigenvalue weighted by Crippen LogP contribution is -2.29. The van der Waals surface area contributed by atoms with E-state index in [1.807, 2.05) is 61.0 Å². The average molecular weight is 406 g/mol. The van der Waals surface area contributed by atoms with Crippen molar-refractivity contribution < 1.29 is 9.53 Å². The second-order valence-electron chi connectivity index (χ2n) is 8.60. The Kier molecular flexibility index (Phi) is 6.60. The van der Waals surface area contributed by atoms with E-state index in [0.717, 1.165) is 28.3 Å². The minimum atomic E-state index is -0.145. The summed E-state index contributed by atoms with van der Waals surface area (Å²) in [4.78, 5) is 12.4. The van der Waals surface area contributed by atoms with Gasteiger partial charge < -0.3 is 10.1 Å². The van der Waals surface area contributed by atoms with Gasteiger partial charge in [0.2, 0.25) is 0 Å². The van der Waals surface area contributed by atoms with E-state index in [0.29, 0.717) is 13.1 Å². The first-order valence-corrected chi connectivity index (χ1v) is 10.3. The highest BCUT2D eigenvalue weighted by molar-refractivity contribution is 5.77. The van der Waals surface area contributed by atoms with Crippen molar-refractivity contribution in [1.82, 2.24) is 15.1 Å². The number of para-hydroxylation sites is 1. The monoisotopic (exact) mass is 405 g/mol. The predicted octanol–water partition coefficient (Wildman–Crippen LogP) is 4.54. The van der Waals surface area contributed by atoms with E-state index in [4.69, 9.17) is 4.74 Å². The molecule has 0 fully saturated rings. The summed E-state index contributed by atoms with van der Waals surface area (Å²) in [5.74, 6) is 0.608. The van der Waals surface area contributed by atoms with E-state index >= 15 is 0 Å². The van der Waals surface area contributed by atoms with Crippen molar-refractivity contribution in [2.24, 2.45) is 0 Å². The lowest BCUT2D eigenvalue weighted by atomic mass is 9.86. The van der Waals surface area contributed by atoms with Crippen molar-refractivity contribution in [3.05, 3.63) is 82.7 Å². The zero-order chi connectivity index (χ0) is 21.7. The molecule has 1 N–H and O–H groups in total. The standard InChI is InChI=1S/C25H31N3O2/c1-18-21(19(2)28(27-18)16-20-11-7-6-8-12-20)15-26-24(29)17-30-23-14-10-9-13-22(23)25(3,4)5/h6-14H,15-17H2,1-5H3,(H,26,29). The molecule has 5 nitrogen and oxygen atoms in total. The maximum atomic E-state index is 12.4. The molecule has 5 heteroatoms. The molecule has 1 heterocycles. The number of nitrogens with zero attached hydrogens (tertiary/aromatic N) is 2. The van der Waals surface area contributed by atoms with Gasteiger partial charge in [-0.25, -0.2) is 0 Å². The number of carbonyl (C=O) groups excluding carboxylic acids is 1. The first-order valence-electron chi connectivity index (χ1n) is 10.3. The summed E-state index contributed by atoms with van der Waals surface area (Å²) in [6.07, 6.45) is 0. The number of hydrogen-bond donors (Lipinski definition) is 1. The van der Waals surface area contributed by atoms with E-state index in [9.17, 15) is 4.79 Å². The van der Waals surface area contributed by atoms with Crippen molar-refractivity contribution in [1.29, 1.82) is 0 Å². The minimum Gasteiger partial charge on any atom is -0.483 e. The number of ether oxygens (including phenoxy) is 1. The van der Waals surface area contributed by atoms with Gasteiger partial charge in [0.05, 0.1) is 12.2 Å². The molecule has 3 rings (SSSR count). The number of nitrogens with one attached hydrogen (secondary N) is 1. The van der Waals surface area contributed by atoms with Crippen LogP contribution in [-0.4, -0.2) is 22.3 Å². The Hall–Kier alpha value is -3.08. The quantitative estimate of drug-likeness (QED) is 0.628. The van der Waals surface area contributed by atoms with Gasteiger partial charge in [0.15, 0.2) is 6.61 Å². The fourth-order valence-electron chi connectivity index (χ4n) is 3.49. The molecule has 0 aliphatic heterocycles. The highest BCUT2D eigenvalue weighted by atomic mass is 16.5. The highest BCUT2D eigenvalue weighted by Gasteiger charge is 2.19. The van der Waals surface area contributed by atoms with Crippen LogP contribution in [0.3, 0.4) is 0 Å². The molecule has 1 amide bonds. The Morgan fingerprint density at radius 2 is 1.70 bits per heavy atom. The molecule has 1 aromatic heterocycles. The summed E-state index contributed by atoms with van der Waals surface area (Å²) in [6.45, 7) is 11.6. The molecule has 0 saturated heterocycles. The molecule has 158 valence electrons. The number of benzene rings is 2. The molecule has 0 atom stereocenters. The molecule has 30 heavy (non-hydrogen) atoms. The van der Waals surface area contributed by atoms with Crippen LogP contribution in [-0.2, 0) is 23.3 Å². The van der Waals surface area contributed by atoms with Crippen LogP contribution in [0.4, 0.5) is 0 Å². The topological polar surface area (TPSA) is 56.2 Å². The van der Waals surface area contributed by atoms with E-state index < -0.39 is 0 Å². The number of carbonyl (C=O) groups is 1. The third-order valence-corrected chi connectivity index (χ3v) is 5.22. The average Bonchev–Trinajstić information content (AvgIpc) is 2.97. The summed E-state index contributed by atoms with van der Waals surface area (Å²) < 4.78 is 7.81. The van der Waals surface area contributed by atoms with Crippen molar-refractivity contribution in [3.63, 3.8) is 0 Å². The van der Waals surface area contributed by atoms with Crippen LogP contribution in [0, 0.1) is 13.8 Å². The van der Waals surface area contributed by atoms with E-state index in [-0.39, 0.29) is 17.9 Å². The Morgan fingerprint density at radius 1 is 1.03 bits per heavy atom. The van der Waals surface area contributed by atoms with Gasteiger partial charge in [-0.2, -0.15) is 5.10 Å². The van der Waals surface area contributed by atoms with Gasteiger partial charge in [-0.05, 0) is 36.5 Å². The Balaban J connectivity index is 1.59. The highest BCUT2D eigenvalue weighted by Crippen LogP contribution is 2.30. The molecule has 0 bridgehead atoms. The lowest BCUT2D eigenvalue weighted by Gasteiger charge is -2.22. The van der Waals surface area contributed by atoms with E-state index in [1.54, 1.807) is 0 Å². The summed E-state index contributed by atoms with van der Waals surface area (Å²) in [7, 11) is 0. The zero-order valence-corrected chi connectivity index (χ0v) is 18.5. The Bertz CT molecular complexity index is 1000. The van der Waals surface area contributed by atoms with Gasteiger partial charge in [0, 0.05) is 17.8 Å². The van der Waals surface area contributed by atoms with Gasteiger partial charge in [0.25, 0.3) is 5.91 Å². The third kappa shape index (κ3) is 5.29. The number of aryl methyl sites for hydroxylation is 1. The number of aromatic nitrogens is 2. The van der Waals surface area contributed by atoms with Crippen molar-refractivity contribution in [3.8, 4) is 5.75 Å². The van der Waals surface area contributed by atoms with E-state index in [1.165, 1.54) is 5.56 Å². The molecule has 0 aliphatic rings. The van der Waals surface area contributed by atoms with Crippen molar-refractivity contribution in [2.45, 2.75) is 53.1 Å². The summed E-state index contributed by atoms with van der Waals surface area (Å²) >= 11 is 0. The van der Waals surface area contributed by atoms with Gasteiger partial charge in [-0.3, -0.25) is 9.48 Å². The maximum Gasteiger partial charge on any atom is 0.258 e. The van der Waals surface area contributed by atoms with Crippen LogP contribution in [0.5, 0.6) is 5.75 Å². The van der Waals surface area contributed by atoms with Crippen LogP contribution >= 0.6 is 0 Å². The third-order valence-electron chi connectivity index (χ3n) is 5.22. The van der Waals surface area contributed by atoms with Crippen LogP contribution in [0.1, 0.15) is 48.8 Å². The van der Waals surface area contributed by atoms with Crippen LogP contribution < -0.4 is 10.1 Å². The van der Waals surface area contributed by atoms with Crippen LogP contribution in [0.15, 0.2) is 54.6 Å². The summed E-state index contributed by atoms with van der Waals surface area (Å²) in [5.41, 5.74) is 5.29. The Morgan fingerprint density at radius 3 is 2.40 bits per heavy atom. The zero-order valence-electron chi connectivity index (χ0n) is 18.5. The largest absolute Gasteiger partial charge is 0.483 e. The summed E-state index contributed by atoms with van der Waals surface area (Å²) in [5, 5.41) is 7.62. The molecule has 2 aromatic carbocycles. The number of rotatable bonds is 7. The van der Waals surface area contributed by atoms with Crippen molar-refractivity contribution >= 4 is 5.91 Å². The van der Waals surface area contributed by atoms with Gasteiger partial charge >= 0.3 is 0 Å². The van der Waals surface area contributed by atoms with Gasteiger partial charge in [-0.1, -0.05) is 69.3 Å². The second-order valence-corrected chi connectivity index (χ2v) is 8.60. The van der Waals surface area contributed by atoms with Crippen LogP contribution in [0.25, 0.3) is 0 Å². The van der Waals surface area contributed by atoms with Gasteiger partial charge in [0.1, 0.15) is 5.75 Å². The SMILES string of the molecule is Cc1nn(Cc2ccccc2)c(C)c1CNC(=O)COc1ccccc1C(C)(C)C. The number of amides is 1. The lowest BCUT2D eigenvalue weighted by molar-refractivity contribution is -0.123. The summed E-state index contributed by atoms with van der Waals surface area (Å²) in [6, 6.07) is 18.1. The minimum absolute atomic E-state index is 0.0106. The fraction of sp³-hybridized carbons (Fsp3) is 0.360. The van der Waals surface area contributed by atoms with Crippen molar-refractivity contribution in [2.75, 3.05) is 6.61 Å². The first kappa shape index (κ1) is 21.6. The maximum absolute atomic E-state index is 12.4. The molecule has 3 aromatic rings. The first-order chi connectivity index (χ1) is 14.3. The smallest absolute Gasteiger partial charge is 0.258 e. The normalized spacial score (nSPS) is 11.4. The van der Waals surface area contributed by atoms with Gasteiger partial charge in [-0.15, -0.1) is 0 Å². The molecule has 0 radical (unpaired) electrons. The number of hydrogen-bond acceptors (Lipinski definition) is 3. The molecule has 0 saturated carbocycles. The molecular weight excluding hydrogens is 374 g/mol.